The van der Waals surface area contributed by atoms with Crippen LogP contribution in [0.1, 0.15) is 67.9 Å². The van der Waals surface area contributed by atoms with E-state index in [-0.39, 0.29) is 35.1 Å². The van der Waals surface area contributed by atoms with Gasteiger partial charge in [0.25, 0.3) is 5.91 Å². The van der Waals surface area contributed by atoms with Gasteiger partial charge in [0, 0.05) is 36.0 Å². The number of hydrogen-bond donors (Lipinski definition) is 5. The van der Waals surface area contributed by atoms with Crippen molar-refractivity contribution in [2.24, 2.45) is 5.92 Å². The van der Waals surface area contributed by atoms with Crippen molar-refractivity contribution < 1.29 is 33.4 Å². The van der Waals surface area contributed by atoms with Crippen molar-refractivity contribution in [1.29, 1.82) is 0 Å². The molecule has 3 amide bonds. The van der Waals surface area contributed by atoms with Crippen LogP contribution in [0.5, 0.6) is 0 Å². The highest BCUT2D eigenvalue weighted by Crippen LogP contribution is 2.23. The van der Waals surface area contributed by atoms with Gasteiger partial charge in [0.1, 0.15) is 23.8 Å². The van der Waals surface area contributed by atoms with E-state index < -0.39 is 59.6 Å². The standard InChI is InChI=1S/C36H46F2N4O5S/c1-4-10-29(11-5-2)48-22-31(42-35(46)26-14-9-15-39-21-26)36(47)41-30(18-25-16-27(37)19-28(38)17-25)33(44)32(43)23(3)34(45)40-20-24-12-7-6-8-13-24/h6-9,12-17,19,21,23,29-33,43-44H,4-5,10-11,18,20,22H2,1-3H3,(H,40,45)(H,41,47)(H,42,46)/t23-,30+,31?,32-,33-/m1/s1. The maximum atomic E-state index is 14.1. The molecule has 3 aromatic rings. The van der Waals surface area contributed by atoms with E-state index in [2.05, 4.69) is 34.8 Å². The largest absolute Gasteiger partial charge is 0.390 e. The molecule has 0 aliphatic heterocycles. The van der Waals surface area contributed by atoms with Crippen LogP contribution in [0.25, 0.3) is 0 Å². The van der Waals surface area contributed by atoms with E-state index in [1.807, 2.05) is 30.3 Å². The van der Waals surface area contributed by atoms with E-state index >= 15 is 0 Å². The molecule has 0 aliphatic rings. The minimum Gasteiger partial charge on any atom is -0.390 e. The highest BCUT2D eigenvalue weighted by atomic mass is 32.2. The number of aliphatic hydroxyl groups is 2. The lowest BCUT2D eigenvalue weighted by atomic mass is 9.90. The molecule has 0 spiro atoms. The van der Waals surface area contributed by atoms with Crippen LogP contribution < -0.4 is 16.0 Å². The Hall–Kier alpha value is -3.87. The predicted molar refractivity (Wildman–Crippen MR) is 183 cm³/mol. The van der Waals surface area contributed by atoms with Crippen LogP contribution in [-0.4, -0.2) is 68.2 Å². The maximum absolute atomic E-state index is 14.1. The average molecular weight is 685 g/mol. The molecule has 2 aromatic carbocycles. The Bertz CT molecular complexity index is 1430. The first-order valence-corrected chi connectivity index (χ1v) is 17.3. The van der Waals surface area contributed by atoms with Crippen LogP contribution in [0.3, 0.4) is 0 Å². The fraction of sp³-hybridized carbons (Fsp3) is 0.444. The van der Waals surface area contributed by atoms with Crippen molar-refractivity contribution in [1.82, 2.24) is 20.9 Å². The van der Waals surface area contributed by atoms with E-state index in [1.54, 1.807) is 23.9 Å². The van der Waals surface area contributed by atoms with Crippen LogP contribution in [0.15, 0.2) is 73.1 Å². The second-order valence-corrected chi connectivity index (χ2v) is 13.2. The molecule has 1 heterocycles. The Labute approximate surface area is 285 Å². The molecule has 0 aliphatic carbocycles. The molecule has 12 heteroatoms. The number of pyridine rings is 1. The van der Waals surface area contributed by atoms with Crippen LogP contribution >= 0.6 is 11.8 Å². The summed E-state index contributed by atoms with van der Waals surface area (Å²) in [6.07, 6.45) is 2.97. The number of carbonyl (C=O) groups excluding carboxylic acids is 3. The fourth-order valence-corrected chi connectivity index (χ4v) is 6.77. The van der Waals surface area contributed by atoms with Crippen molar-refractivity contribution in [2.45, 2.75) is 89.0 Å². The predicted octanol–water partition coefficient (Wildman–Crippen LogP) is 4.56. The number of nitrogens with one attached hydrogen (secondary N) is 3. The molecule has 48 heavy (non-hydrogen) atoms. The molecule has 3 rings (SSSR count). The lowest BCUT2D eigenvalue weighted by molar-refractivity contribution is -0.132. The van der Waals surface area contributed by atoms with E-state index in [4.69, 9.17) is 0 Å². The lowest BCUT2D eigenvalue weighted by Gasteiger charge is -2.32. The Balaban J connectivity index is 1.84. The highest BCUT2D eigenvalue weighted by Gasteiger charge is 2.36. The van der Waals surface area contributed by atoms with Crippen LogP contribution in [-0.2, 0) is 22.6 Å². The quantitative estimate of drug-likeness (QED) is 0.125. The van der Waals surface area contributed by atoms with Crippen molar-refractivity contribution in [3.63, 3.8) is 0 Å². The molecule has 0 radical (unpaired) electrons. The first kappa shape index (κ1) is 38.6. The molecule has 260 valence electrons. The molecule has 0 bridgehead atoms. The van der Waals surface area contributed by atoms with Crippen molar-refractivity contribution in [2.75, 3.05) is 5.75 Å². The Kier molecular flexibility index (Phi) is 15.9. The van der Waals surface area contributed by atoms with E-state index in [1.165, 1.54) is 19.3 Å². The summed E-state index contributed by atoms with van der Waals surface area (Å²) < 4.78 is 28.3. The van der Waals surface area contributed by atoms with Gasteiger partial charge in [0.15, 0.2) is 0 Å². The minimum atomic E-state index is -1.73. The average Bonchev–Trinajstić information content (AvgIpc) is 3.08. The summed E-state index contributed by atoms with van der Waals surface area (Å²) in [4.78, 5) is 43.9. The van der Waals surface area contributed by atoms with Crippen LogP contribution in [0.2, 0.25) is 0 Å². The van der Waals surface area contributed by atoms with Gasteiger partial charge in [-0.15, -0.1) is 0 Å². The minimum absolute atomic E-state index is 0.113. The molecule has 5 atom stereocenters. The van der Waals surface area contributed by atoms with Gasteiger partial charge in [0.05, 0.1) is 23.6 Å². The number of hydrogen-bond acceptors (Lipinski definition) is 7. The number of carbonyl (C=O) groups is 3. The monoisotopic (exact) mass is 684 g/mol. The molecule has 5 N–H and O–H groups in total. The third kappa shape index (κ3) is 12.3. The summed E-state index contributed by atoms with van der Waals surface area (Å²) in [5.74, 6) is -4.35. The van der Waals surface area contributed by atoms with Gasteiger partial charge in [-0.05, 0) is 54.7 Å². The first-order chi connectivity index (χ1) is 23.0. The normalized spacial score (nSPS) is 14.4. The molecule has 1 unspecified atom stereocenters. The summed E-state index contributed by atoms with van der Waals surface area (Å²) >= 11 is 1.55. The van der Waals surface area contributed by atoms with E-state index in [9.17, 15) is 33.4 Å². The van der Waals surface area contributed by atoms with Gasteiger partial charge in [-0.1, -0.05) is 63.9 Å². The Morgan fingerprint density at radius 2 is 1.52 bits per heavy atom. The number of amides is 3. The second kappa shape index (κ2) is 19.8. The number of nitrogens with zero attached hydrogens (tertiary/aromatic N) is 1. The third-order valence-electron chi connectivity index (χ3n) is 7.97. The summed E-state index contributed by atoms with van der Waals surface area (Å²) in [5.41, 5.74) is 1.20. The van der Waals surface area contributed by atoms with Crippen LogP contribution in [0, 0.1) is 17.6 Å². The summed E-state index contributed by atoms with van der Waals surface area (Å²) in [6, 6.07) is 12.8. The van der Waals surface area contributed by atoms with Crippen LogP contribution in [0.4, 0.5) is 8.78 Å². The third-order valence-corrected chi connectivity index (χ3v) is 9.44. The number of aromatic nitrogens is 1. The number of benzene rings is 2. The fourth-order valence-electron chi connectivity index (χ4n) is 5.27. The number of thioether (sulfide) groups is 1. The Morgan fingerprint density at radius 3 is 2.12 bits per heavy atom. The van der Waals surface area contributed by atoms with Gasteiger partial charge < -0.3 is 26.2 Å². The first-order valence-electron chi connectivity index (χ1n) is 16.3. The van der Waals surface area contributed by atoms with E-state index in [0.29, 0.717) is 6.07 Å². The molecular formula is C36H46F2N4O5S. The smallest absolute Gasteiger partial charge is 0.253 e. The molecule has 9 nitrogen and oxygen atoms in total. The molecule has 0 saturated heterocycles. The molecule has 1 aromatic heterocycles. The molecule has 0 fully saturated rings. The highest BCUT2D eigenvalue weighted by molar-refractivity contribution is 7.99. The van der Waals surface area contributed by atoms with Gasteiger partial charge >= 0.3 is 0 Å². The van der Waals surface area contributed by atoms with Crippen molar-refractivity contribution in [3.05, 3.63) is 101 Å². The number of halogens is 2. The lowest BCUT2D eigenvalue weighted by Crippen LogP contribution is -2.57. The summed E-state index contributed by atoms with van der Waals surface area (Å²) in [5, 5.41) is 31.0. The Morgan fingerprint density at radius 1 is 0.854 bits per heavy atom. The van der Waals surface area contributed by atoms with Gasteiger partial charge in [0.2, 0.25) is 11.8 Å². The SMILES string of the molecule is CCCC(CCC)SCC(NC(=O)c1cccnc1)C(=O)N[C@@H](Cc1cc(F)cc(F)c1)[C@@H](O)[C@H](O)[C@@H](C)C(=O)NCc1ccccc1. The topological polar surface area (TPSA) is 141 Å². The summed E-state index contributed by atoms with van der Waals surface area (Å²) in [6.45, 7) is 5.78. The number of aliphatic hydroxyl groups excluding tert-OH is 2. The second-order valence-electron chi connectivity index (χ2n) is 11.9. The van der Waals surface area contributed by atoms with Gasteiger partial charge in [-0.25, -0.2) is 8.78 Å². The molecular weight excluding hydrogens is 638 g/mol. The summed E-state index contributed by atoms with van der Waals surface area (Å²) in [7, 11) is 0. The van der Waals surface area contributed by atoms with E-state index in [0.717, 1.165) is 43.4 Å². The van der Waals surface area contributed by atoms with Gasteiger partial charge in [-0.3, -0.25) is 19.4 Å². The molecule has 0 saturated carbocycles. The van der Waals surface area contributed by atoms with Crippen molar-refractivity contribution in [3.8, 4) is 0 Å². The zero-order valence-corrected chi connectivity index (χ0v) is 28.4. The zero-order valence-electron chi connectivity index (χ0n) is 27.6. The maximum Gasteiger partial charge on any atom is 0.253 e. The zero-order chi connectivity index (χ0) is 35.1. The van der Waals surface area contributed by atoms with Gasteiger partial charge in [-0.2, -0.15) is 11.8 Å². The number of rotatable bonds is 19. The van der Waals surface area contributed by atoms with Crippen molar-refractivity contribution >= 4 is 29.5 Å².